The Kier molecular flexibility index (Phi) is 6.29. The zero-order valence-corrected chi connectivity index (χ0v) is 18.6. The molecule has 2 aromatic carbocycles. The van der Waals surface area contributed by atoms with E-state index in [1.165, 1.54) is 48.8 Å². The SMILES string of the molecule is O=C(CCc1ccccc1)Nc1nc2c(nc1CC1CCCCC1)-c1ccccc1CC2. The van der Waals surface area contributed by atoms with E-state index in [0.717, 1.165) is 42.8 Å². The maximum Gasteiger partial charge on any atom is 0.225 e. The smallest absolute Gasteiger partial charge is 0.225 e. The number of amides is 1. The van der Waals surface area contributed by atoms with Crippen LogP contribution in [0.2, 0.25) is 0 Å². The van der Waals surface area contributed by atoms with Crippen molar-refractivity contribution in [3.63, 3.8) is 0 Å². The van der Waals surface area contributed by atoms with Gasteiger partial charge in [-0.15, -0.1) is 0 Å². The molecule has 2 aliphatic carbocycles. The van der Waals surface area contributed by atoms with Crippen molar-refractivity contribution in [3.05, 3.63) is 77.1 Å². The number of anilines is 1. The minimum Gasteiger partial charge on any atom is -0.309 e. The van der Waals surface area contributed by atoms with Crippen molar-refractivity contribution >= 4 is 11.7 Å². The Balaban J connectivity index is 1.40. The fourth-order valence-corrected chi connectivity index (χ4v) is 5.12. The minimum atomic E-state index is 0.0178. The second-order valence-corrected chi connectivity index (χ2v) is 9.21. The predicted molar refractivity (Wildman–Crippen MR) is 129 cm³/mol. The van der Waals surface area contributed by atoms with Crippen LogP contribution in [-0.2, 0) is 30.5 Å². The van der Waals surface area contributed by atoms with Crippen LogP contribution in [-0.4, -0.2) is 15.9 Å². The second-order valence-electron chi connectivity index (χ2n) is 9.21. The zero-order chi connectivity index (χ0) is 21.8. The summed E-state index contributed by atoms with van der Waals surface area (Å²) in [6, 6.07) is 18.7. The van der Waals surface area contributed by atoms with Gasteiger partial charge < -0.3 is 5.32 Å². The lowest BCUT2D eigenvalue weighted by molar-refractivity contribution is -0.116. The first-order chi connectivity index (χ1) is 15.8. The monoisotopic (exact) mass is 425 g/mol. The summed E-state index contributed by atoms with van der Waals surface area (Å²) in [6.07, 6.45) is 10.4. The van der Waals surface area contributed by atoms with Gasteiger partial charge in [-0.2, -0.15) is 0 Å². The fraction of sp³-hybridized carbons (Fsp3) is 0.393. The van der Waals surface area contributed by atoms with Crippen LogP contribution >= 0.6 is 0 Å². The van der Waals surface area contributed by atoms with E-state index >= 15 is 0 Å². The minimum absolute atomic E-state index is 0.0178. The Morgan fingerprint density at radius 1 is 0.906 bits per heavy atom. The lowest BCUT2D eigenvalue weighted by Crippen LogP contribution is -2.20. The number of carbonyl (C=O) groups is 1. The third kappa shape index (κ3) is 4.74. The first kappa shape index (κ1) is 20.9. The molecule has 0 saturated heterocycles. The summed E-state index contributed by atoms with van der Waals surface area (Å²) in [5, 5.41) is 3.13. The van der Waals surface area contributed by atoms with Gasteiger partial charge in [-0.1, -0.05) is 86.7 Å². The molecule has 1 fully saturated rings. The molecule has 0 bridgehead atoms. The van der Waals surface area contributed by atoms with Gasteiger partial charge in [0.25, 0.3) is 0 Å². The molecule has 4 heteroatoms. The first-order valence-electron chi connectivity index (χ1n) is 12.1. The molecule has 0 spiro atoms. The largest absolute Gasteiger partial charge is 0.309 e. The van der Waals surface area contributed by atoms with Gasteiger partial charge >= 0.3 is 0 Å². The number of benzene rings is 2. The number of hydrogen-bond donors (Lipinski definition) is 1. The molecule has 5 rings (SSSR count). The molecule has 3 aromatic rings. The number of aromatic nitrogens is 2. The van der Waals surface area contributed by atoms with Gasteiger partial charge in [0, 0.05) is 12.0 Å². The van der Waals surface area contributed by atoms with Gasteiger partial charge in [-0.25, -0.2) is 9.97 Å². The summed E-state index contributed by atoms with van der Waals surface area (Å²) in [5.41, 5.74) is 6.71. The topological polar surface area (TPSA) is 54.9 Å². The third-order valence-corrected chi connectivity index (χ3v) is 6.89. The lowest BCUT2D eigenvalue weighted by Gasteiger charge is -2.24. The van der Waals surface area contributed by atoms with E-state index in [4.69, 9.17) is 9.97 Å². The number of nitrogens with one attached hydrogen (secondary N) is 1. The highest BCUT2D eigenvalue weighted by molar-refractivity contribution is 5.90. The Morgan fingerprint density at radius 3 is 2.53 bits per heavy atom. The van der Waals surface area contributed by atoms with Crippen LogP contribution in [0.25, 0.3) is 11.3 Å². The molecule has 0 aliphatic heterocycles. The normalized spacial score (nSPS) is 15.6. The molecule has 1 saturated carbocycles. The van der Waals surface area contributed by atoms with E-state index in [2.05, 4.69) is 41.7 Å². The molecular formula is C28H31N3O. The summed E-state index contributed by atoms with van der Waals surface area (Å²) in [6.45, 7) is 0. The summed E-state index contributed by atoms with van der Waals surface area (Å²) >= 11 is 0. The standard InChI is InChI=1S/C28H31N3O/c32-26(18-15-20-9-3-1-4-10-20)31-28-25(19-21-11-5-2-6-12-21)29-27-23-14-8-7-13-22(23)16-17-24(27)30-28/h1,3-4,7-10,13-14,21H,2,5-6,11-12,15-19H2,(H,30,31,32). The average molecular weight is 426 g/mol. The van der Waals surface area contributed by atoms with Crippen molar-refractivity contribution < 1.29 is 4.79 Å². The lowest BCUT2D eigenvalue weighted by atomic mass is 9.85. The highest BCUT2D eigenvalue weighted by Crippen LogP contribution is 2.34. The molecule has 1 amide bonds. The predicted octanol–water partition coefficient (Wildman–Crippen LogP) is 5.94. The Bertz CT molecular complexity index is 1090. The van der Waals surface area contributed by atoms with Crippen molar-refractivity contribution in [1.82, 2.24) is 9.97 Å². The molecule has 0 atom stereocenters. The number of aryl methyl sites for hydroxylation is 3. The molecule has 1 heterocycles. The molecule has 4 nitrogen and oxygen atoms in total. The van der Waals surface area contributed by atoms with Gasteiger partial charge in [0.05, 0.1) is 17.1 Å². The van der Waals surface area contributed by atoms with Gasteiger partial charge in [-0.05, 0) is 42.7 Å². The molecular weight excluding hydrogens is 394 g/mol. The van der Waals surface area contributed by atoms with Crippen molar-refractivity contribution in [1.29, 1.82) is 0 Å². The summed E-state index contributed by atoms with van der Waals surface area (Å²) in [5.74, 6) is 1.34. The van der Waals surface area contributed by atoms with Crippen molar-refractivity contribution in [3.8, 4) is 11.3 Å². The highest BCUT2D eigenvalue weighted by Gasteiger charge is 2.24. The molecule has 164 valence electrons. The van der Waals surface area contributed by atoms with E-state index in [-0.39, 0.29) is 5.91 Å². The summed E-state index contributed by atoms with van der Waals surface area (Å²) in [4.78, 5) is 22.9. The number of fused-ring (bicyclic) bond motifs is 3. The quantitative estimate of drug-likeness (QED) is 0.532. The van der Waals surface area contributed by atoms with Gasteiger partial charge in [0.1, 0.15) is 0 Å². The maximum atomic E-state index is 12.8. The maximum absolute atomic E-state index is 12.8. The molecule has 0 unspecified atom stereocenters. The second kappa shape index (κ2) is 9.64. The molecule has 1 aromatic heterocycles. The van der Waals surface area contributed by atoms with Crippen LogP contribution in [0.4, 0.5) is 5.82 Å². The molecule has 2 aliphatic rings. The number of hydrogen-bond acceptors (Lipinski definition) is 3. The number of rotatable bonds is 6. The number of carbonyl (C=O) groups excluding carboxylic acids is 1. The van der Waals surface area contributed by atoms with Crippen molar-refractivity contribution in [2.45, 2.75) is 64.2 Å². The average Bonchev–Trinajstić information content (AvgIpc) is 2.84. The summed E-state index contributed by atoms with van der Waals surface area (Å²) < 4.78 is 0. The summed E-state index contributed by atoms with van der Waals surface area (Å²) in [7, 11) is 0. The van der Waals surface area contributed by atoms with Crippen LogP contribution < -0.4 is 5.32 Å². The molecule has 1 N–H and O–H groups in total. The van der Waals surface area contributed by atoms with Crippen molar-refractivity contribution in [2.75, 3.05) is 5.32 Å². The molecule has 0 radical (unpaired) electrons. The van der Waals surface area contributed by atoms with Crippen LogP contribution in [0, 0.1) is 5.92 Å². The third-order valence-electron chi connectivity index (χ3n) is 6.89. The van der Waals surface area contributed by atoms with Crippen molar-refractivity contribution in [2.24, 2.45) is 5.92 Å². The number of nitrogens with zero attached hydrogens (tertiary/aromatic N) is 2. The van der Waals surface area contributed by atoms with E-state index in [1.807, 2.05) is 18.2 Å². The molecule has 32 heavy (non-hydrogen) atoms. The van der Waals surface area contributed by atoms with Gasteiger partial charge in [0.15, 0.2) is 5.82 Å². The van der Waals surface area contributed by atoms with Gasteiger partial charge in [-0.3, -0.25) is 4.79 Å². The van der Waals surface area contributed by atoms with Crippen LogP contribution in [0.3, 0.4) is 0 Å². The van der Waals surface area contributed by atoms with E-state index < -0.39 is 0 Å². The Morgan fingerprint density at radius 2 is 1.69 bits per heavy atom. The first-order valence-corrected chi connectivity index (χ1v) is 12.1. The van der Waals surface area contributed by atoms with E-state index in [1.54, 1.807) is 0 Å². The highest BCUT2D eigenvalue weighted by atomic mass is 16.1. The van der Waals surface area contributed by atoms with E-state index in [9.17, 15) is 4.79 Å². The van der Waals surface area contributed by atoms with E-state index in [0.29, 0.717) is 18.2 Å². The van der Waals surface area contributed by atoms with Crippen LogP contribution in [0.15, 0.2) is 54.6 Å². The fourth-order valence-electron chi connectivity index (χ4n) is 5.12. The Labute approximate surface area is 190 Å². The van der Waals surface area contributed by atoms with Crippen LogP contribution in [0.5, 0.6) is 0 Å². The van der Waals surface area contributed by atoms with Gasteiger partial charge in [0.2, 0.25) is 5.91 Å². The van der Waals surface area contributed by atoms with Crippen LogP contribution in [0.1, 0.15) is 61.0 Å². The zero-order valence-electron chi connectivity index (χ0n) is 18.6. The Hall–Kier alpha value is -3.01.